The van der Waals surface area contributed by atoms with Crippen molar-refractivity contribution in [2.24, 2.45) is 0 Å². The molecule has 4 nitrogen and oxygen atoms in total. The molecular weight excluding hydrogens is 248 g/mol. The number of rotatable bonds is 1. The van der Waals surface area contributed by atoms with Gasteiger partial charge in [0.1, 0.15) is 12.0 Å². The molecule has 0 unspecified atom stereocenters. The number of aromatic nitrogens is 3. The number of anilines is 1. The summed E-state index contributed by atoms with van der Waals surface area (Å²) < 4.78 is 2.35. The molecule has 1 aliphatic rings. The van der Waals surface area contributed by atoms with Crippen LogP contribution in [-0.4, -0.2) is 14.5 Å². The van der Waals surface area contributed by atoms with Gasteiger partial charge in [0, 0.05) is 35.1 Å². The zero-order valence-electron chi connectivity index (χ0n) is 11.2. The summed E-state index contributed by atoms with van der Waals surface area (Å²) in [5.74, 6) is 0. The Hall–Kier alpha value is -2.36. The number of hydrogen-bond acceptors (Lipinski definition) is 3. The molecule has 0 amide bonds. The Bertz CT molecular complexity index is 788. The molecule has 2 N–H and O–H groups in total. The normalized spacial score (nSPS) is 14.4. The van der Waals surface area contributed by atoms with Crippen LogP contribution >= 0.6 is 0 Å². The van der Waals surface area contributed by atoms with Crippen molar-refractivity contribution in [2.45, 2.75) is 25.8 Å². The second-order valence-electron chi connectivity index (χ2n) is 5.32. The zero-order chi connectivity index (χ0) is 13.5. The summed E-state index contributed by atoms with van der Waals surface area (Å²) in [4.78, 5) is 8.69. The highest BCUT2D eigenvalue weighted by Gasteiger charge is 2.21. The fourth-order valence-electron chi connectivity index (χ4n) is 3.21. The molecule has 0 aliphatic carbocycles. The number of nitrogens with zero attached hydrogens (tertiary/aromatic N) is 3. The maximum absolute atomic E-state index is 5.95. The Balaban J connectivity index is 2.08. The third kappa shape index (κ3) is 1.61. The maximum atomic E-state index is 5.95. The van der Waals surface area contributed by atoms with Gasteiger partial charge in [-0.3, -0.25) is 0 Å². The summed E-state index contributed by atoms with van der Waals surface area (Å²) in [6.07, 6.45) is 7.11. The Morgan fingerprint density at radius 1 is 1.20 bits per heavy atom. The van der Waals surface area contributed by atoms with Gasteiger partial charge in [-0.1, -0.05) is 12.1 Å². The maximum Gasteiger partial charge on any atom is 0.144 e. The van der Waals surface area contributed by atoms with Gasteiger partial charge in [0.2, 0.25) is 0 Å². The summed E-state index contributed by atoms with van der Waals surface area (Å²) in [6.45, 7) is 1.05. The molecular formula is C16H16N4. The number of benzene rings is 1. The smallest absolute Gasteiger partial charge is 0.144 e. The molecule has 0 saturated heterocycles. The Morgan fingerprint density at radius 2 is 2.15 bits per heavy atom. The number of nitrogens with two attached hydrogens (primary N) is 1. The van der Waals surface area contributed by atoms with Crippen LogP contribution in [-0.2, 0) is 13.0 Å². The lowest BCUT2D eigenvalue weighted by molar-refractivity contribution is 0.543. The first-order chi connectivity index (χ1) is 9.84. The lowest BCUT2D eigenvalue weighted by atomic mass is 9.99. The Morgan fingerprint density at radius 3 is 3.05 bits per heavy atom. The van der Waals surface area contributed by atoms with E-state index in [1.165, 1.54) is 29.7 Å². The topological polar surface area (TPSA) is 56.7 Å². The van der Waals surface area contributed by atoms with Crippen LogP contribution in [0.4, 0.5) is 5.69 Å². The first-order valence-corrected chi connectivity index (χ1v) is 7.01. The van der Waals surface area contributed by atoms with E-state index < -0.39 is 0 Å². The van der Waals surface area contributed by atoms with E-state index in [-0.39, 0.29) is 0 Å². The molecule has 0 fully saturated rings. The molecule has 1 aliphatic heterocycles. The third-order valence-electron chi connectivity index (χ3n) is 4.05. The van der Waals surface area contributed by atoms with Crippen LogP contribution < -0.4 is 5.73 Å². The third-order valence-corrected chi connectivity index (χ3v) is 4.05. The quantitative estimate of drug-likeness (QED) is 0.687. The van der Waals surface area contributed by atoms with Crippen LogP contribution in [0.5, 0.6) is 0 Å². The van der Waals surface area contributed by atoms with Crippen LogP contribution in [0.25, 0.3) is 22.2 Å². The first-order valence-electron chi connectivity index (χ1n) is 7.01. The molecule has 3 heterocycles. The van der Waals surface area contributed by atoms with Gasteiger partial charge in [-0.2, -0.15) is 0 Å². The first kappa shape index (κ1) is 11.5. The number of nitrogen functional groups attached to an aromatic ring is 1. The van der Waals surface area contributed by atoms with E-state index in [4.69, 9.17) is 5.73 Å². The van der Waals surface area contributed by atoms with Gasteiger partial charge in [-0.25, -0.2) is 9.97 Å². The van der Waals surface area contributed by atoms with Crippen molar-refractivity contribution in [1.82, 2.24) is 14.5 Å². The van der Waals surface area contributed by atoms with Crippen molar-refractivity contribution in [2.75, 3.05) is 5.73 Å². The minimum absolute atomic E-state index is 0.795. The molecule has 20 heavy (non-hydrogen) atoms. The van der Waals surface area contributed by atoms with Crippen molar-refractivity contribution in [3.8, 4) is 11.1 Å². The highest BCUT2D eigenvalue weighted by molar-refractivity contribution is 5.96. The van der Waals surface area contributed by atoms with Crippen LogP contribution in [0, 0.1) is 0 Å². The highest BCUT2D eigenvalue weighted by Crippen LogP contribution is 2.37. The molecule has 100 valence electrons. The molecule has 2 aromatic heterocycles. The fraction of sp³-hybridized carbons (Fsp3) is 0.250. The summed E-state index contributed by atoms with van der Waals surface area (Å²) >= 11 is 0. The van der Waals surface area contributed by atoms with Crippen molar-refractivity contribution < 1.29 is 0 Å². The van der Waals surface area contributed by atoms with Crippen molar-refractivity contribution in [3.63, 3.8) is 0 Å². The summed E-state index contributed by atoms with van der Waals surface area (Å²) in [5, 5.41) is 1.13. The lowest BCUT2D eigenvalue weighted by Crippen LogP contribution is -2.10. The Labute approximate surface area is 117 Å². The minimum atomic E-state index is 0.795. The van der Waals surface area contributed by atoms with Crippen molar-refractivity contribution >= 4 is 16.7 Å². The van der Waals surface area contributed by atoms with Crippen LogP contribution in [0.2, 0.25) is 0 Å². The van der Waals surface area contributed by atoms with Crippen LogP contribution in [0.1, 0.15) is 18.5 Å². The molecule has 1 aromatic carbocycles. The second-order valence-corrected chi connectivity index (χ2v) is 5.32. The highest BCUT2D eigenvalue weighted by atomic mass is 15.1. The van der Waals surface area contributed by atoms with E-state index in [1.54, 1.807) is 6.33 Å². The van der Waals surface area contributed by atoms with E-state index in [9.17, 15) is 0 Å². The van der Waals surface area contributed by atoms with E-state index in [2.05, 4.69) is 20.6 Å². The van der Waals surface area contributed by atoms with Gasteiger partial charge in [-0.05, 0) is 37.0 Å². The van der Waals surface area contributed by atoms with Gasteiger partial charge in [0.25, 0.3) is 0 Å². The van der Waals surface area contributed by atoms with Gasteiger partial charge in [0.05, 0.1) is 0 Å². The fourth-order valence-corrected chi connectivity index (χ4v) is 3.21. The van der Waals surface area contributed by atoms with E-state index >= 15 is 0 Å². The molecule has 0 bridgehead atoms. The van der Waals surface area contributed by atoms with Crippen LogP contribution in [0.3, 0.4) is 0 Å². The van der Waals surface area contributed by atoms with Gasteiger partial charge >= 0.3 is 0 Å². The molecule has 3 aromatic rings. The van der Waals surface area contributed by atoms with Gasteiger partial charge < -0.3 is 10.3 Å². The molecule has 0 spiro atoms. The van der Waals surface area contributed by atoms with Crippen LogP contribution in [0.15, 0.2) is 36.8 Å². The molecule has 4 heteroatoms. The van der Waals surface area contributed by atoms with E-state index in [0.29, 0.717) is 0 Å². The van der Waals surface area contributed by atoms with E-state index in [0.717, 1.165) is 29.7 Å². The number of aryl methyl sites for hydroxylation is 1. The Kier molecular flexibility index (Phi) is 2.49. The lowest BCUT2D eigenvalue weighted by Gasteiger charge is -2.16. The molecule has 0 radical (unpaired) electrons. The molecule has 4 rings (SSSR count). The van der Waals surface area contributed by atoms with Gasteiger partial charge in [0.15, 0.2) is 0 Å². The minimum Gasteiger partial charge on any atom is -0.399 e. The van der Waals surface area contributed by atoms with Crippen molar-refractivity contribution in [3.05, 3.63) is 42.5 Å². The number of fused-ring (bicyclic) bond motifs is 3. The molecule has 0 atom stereocenters. The average molecular weight is 264 g/mol. The second kappa shape index (κ2) is 4.34. The molecule has 0 saturated carbocycles. The van der Waals surface area contributed by atoms with E-state index in [1.807, 2.05) is 24.4 Å². The van der Waals surface area contributed by atoms with Gasteiger partial charge in [-0.15, -0.1) is 0 Å². The SMILES string of the molecule is Nc1cccc(-c2c3n(c4ncncc24)CCCC3)c1. The summed E-state index contributed by atoms with van der Waals surface area (Å²) in [6, 6.07) is 8.09. The predicted molar refractivity (Wildman–Crippen MR) is 80.3 cm³/mol. The monoisotopic (exact) mass is 264 g/mol. The standard InChI is InChI=1S/C16H16N4/c17-12-5-3-4-11(8-12)15-13-9-18-10-19-16(13)20-7-2-1-6-14(15)20/h3-5,8-10H,1-2,6-7,17H2. The number of hydrogen-bond donors (Lipinski definition) is 1. The average Bonchev–Trinajstić information content (AvgIpc) is 2.82. The zero-order valence-corrected chi connectivity index (χ0v) is 11.2. The summed E-state index contributed by atoms with van der Waals surface area (Å²) in [7, 11) is 0. The van der Waals surface area contributed by atoms with Crippen molar-refractivity contribution in [1.29, 1.82) is 0 Å². The summed E-state index contributed by atoms with van der Waals surface area (Å²) in [5.41, 5.74) is 11.6. The largest absolute Gasteiger partial charge is 0.399 e. The predicted octanol–water partition coefficient (Wildman–Crippen LogP) is 3.02.